The van der Waals surface area contributed by atoms with E-state index in [0.717, 1.165) is 29.0 Å². The standard InChI is InChI=1S/C22H30N4O3/c1-4-24-22(25-14-17-6-9-18(10-7-17)21(23)27)26-15-19-8-5-16(2)13-20(19)29-12-11-28-3/h5-10,13H,4,11-12,14-15H2,1-3H3,(H2,23,27)(H2,24,25,26). The Morgan fingerprint density at radius 2 is 1.86 bits per heavy atom. The molecule has 0 saturated heterocycles. The van der Waals surface area contributed by atoms with E-state index >= 15 is 0 Å². The number of primary amides is 1. The van der Waals surface area contributed by atoms with Crippen LogP contribution in [0.15, 0.2) is 47.5 Å². The maximum Gasteiger partial charge on any atom is 0.248 e. The van der Waals surface area contributed by atoms with E-state index in [4.69, 9.17) is 15.2 Å². The predicted octanol–water partition coefficient (Wildman–Crippen LogP) is 2.37. The topological polar surface area (TPSA) is 98.0 Å². The Hall–Kier alpha value is -3.06. The van der Waals surface area contributed by atoms with Gasteiger partial charge in [-0.3, -0.25) is 4.79 Å². The van der Waals surface area contributed by atoms with Crippen molar-refractivity contribution in [1.82, 2.24) is 10.6 Å². The normalized spacial score (nSPS) is 11.2. The van der Waals surface area contributed by atoms with Gasteiger partial charge in [-0.05, 0) is 43.2 Å². The van der Waals surface area contributed by atoms with E-state index < -0.39 is 5.91 Å². The lowest BCUT2D eigenvalue weighted by Crippen LogP contribution is -2.36. The summed E-state index contributed by atoms with van der Waals surface area (Å²) in [6, 6.07) is 13.3. The predicted molar refractivity (Wildman–Crippen MR) is 115 cm³/mol. The van der Waals surface area contributed by atoms with Crippen LogP contribution in [0.5, 0.6) is 5.75 Å². The second kappa shape index (κ2) is 11.7. The third-order valence-electron chi connectivity index (χ3n) is 4.22. The van der Waals surface area contributed by atoms with E-state index in [1.807, 2.05) is 32.0 Å². The lowest BCUT2D eigenvalue weighted by Gasteiger charge is -2.15. The molecule has 7 heteroatoms. The molecular formula is C22H30N4O3. The average molecular weight is 399 g/mol. The number of carbonyl (C=O) groups is 1. The molecule has 0 radical (unpaired) electrons. The van der Waals surface area contributed by atoms with Crippen molar-refractivity contribution >= 4 is 11.9 Å². The highest BCUT2D eigenvalue weighted by molar-refractivity contribution is 5.92. The zero-order valence-corrected chi connectivity index (χ0v) is 17.3. The van der Waals surface area contributed by atoms with Gasteiger partial charge in [0.2, 0.25) is 5.91 Å². The first kappa shape index (κ1) is 22.2. The average Bonchev–Trinajstić information content (AvgIpc) is 2.71. The minimum Gasteiger partial charge on any atom is -0.491 e. The summed E-state index contributed by atoms with van der Waals surface area (Å²) < 4.78 is 10.9. The van der Waals surface area contributed by atoms with Crippen molar-refractivity contribution in [3.05, 3.63) is 64.7 Å². The van der Waals surface area contributed by atoms with Crippen LogP contribution >= 0.6 is 0 Å². The molecule has 0 aliphatic carbocycles. The van der Waals surface area contributed by atoms with Gasteiger partial charge in [-0.25, -0.2) is 4.99 Å². The van der Waals surface area contributed by atoms with Crippen molar-refractivity contribution in [2.24, 2.45) is 10.7 Å². The lowest BCUT2D eigenvalue weighted by atomic mass is 10.1. The molecule has 2 rings (SSSR count). The van der Waals surface area contributed by atoms with Gasteiger partial charge < -0.3 is 25.8 Å². The van der Waals surface area contributed by atoms with Gasteiger partial charge in [0.25, 0.3) is 0 Å². The molecule has 2 aromatic rings. The number of aryl methyl sites for hydroxylation is 1. The molecule has 29 heavy (non-hydrogen) atoms. The lowest BCUT2D eigenvalue weighted by molar-refractivity contribution is 0.100. The number of guanidine groups is 1. The molecule has 156 valence electrons. The summed E-state index contributed by atoms with van der Waals surface area (Å²) in [5.41, 5.74) is 8.94. The van der Waals surface area contributed by atoms with Crippen LogP contribution < -0.4 is 21.1 Å². The summed E-state index contributed by atoms with van der Waals surface area (Å²) in [6.45, 7) is 6.91. The Morgan fingerprint density at radius 3 is 2.52 bits per heavy atom. The van der Waals surface area contributed by atoms with Gasteiger partial charge in [0, 0.05) is 31.3 Å². The monoisotopic (exact) mass is 398 g/mol. The molecule has 0 bridgehead atoms. The number of nitrogens with zero attached hydrogens (tertiary/aromatic N) is 1. The van der Waals surface area contributed by atoms with Gasteiger partial charge in [-0.2, -0.15) is 0 Å². The fourth-order valence-corrected chi connectivity index (χ4v) is 2.64. The number of rotatable bonds is 10. The van der Waals surface area contributed by atoms with Crippen LogP contribution in [0.3, 0.4) is 0 Å². The number of benzene rings is 2. The highest BCUT2D eigenvalue weighted by Gasteiger charge is 2.06. The van der Waals surface area contributed by atoms with Crippen LogP contribution in [0.25, 0.3) is 0 Å². The van der Waals surface area contributed by atoms with Gasteiger partial charge in [-0.1, -0.05) is 24.3 Å². The number of amides is 1. The molecule has 0 aliphatic rings. The zero-order chi connectivity index (χ0) is 21.1. The van der Waals surface area contributed by atoms with E-state index in [0.29, 0.717) is 37.8 Å². The third-order valence-corrected chi connectivity index (χ3v) is 4.22. The van der Waals surface area contributed by atoms with Crippen LogP contribution in [0.2, 0.25) is 0 Å². The van der Waals surface area contributed by atoms with Gasteiger partial charge in [-0.15, -0.1) is 0 Å². The molecule has 0 saturated carbocycles. The zero-order valence-electron chi connectivity index (χ0n) is 17.3. The Bertz CT molecular complexity index is 819. The molecule has 0 aliphatic heterocycles. The van der Waals surface area contributed by atoms with Crippen LogP contribution in [0.4, 0.5) is 0 Å². The summed E-state index contributed by atoms with van der Waals surface area (Å²) >= 11 is 0. The summed E-state index contributed by atoms with van der Waals surface area (Å²) in [7, 11) is 1.66. The molecular weight excluding hydrogens is 368 g/mol. The minimum absolute atomic E-state index is 0.434. The number of aliphatic imine (C=N–C) groups is 1. The van der Waals surface area contributed by atoms with Crippen molar-refractivity contribution < 1.29 is 14.3 Å². The number of hydrogen-bond acceptors (Lipinski definition) is 4. The van der Waals surface area contributed by atoms with Gasteiger partial charge in [0.05, 0.1) is 13.2 Å². The number of methoxy groups -OCH3 is 1. The van der Waals surface area contributed by atoms with Crippen molar-refractivity contribution in [2.45, 2.75) is 26.9 Å². The van der Waals surface area contributed by atoms with Crippen molar-refractivity contribution in [2.75, 3.05) is 26.9 Å². The summed E-state index contributed by atoms with van der Waals surface area (Å²) in [4.78, 5) is 15.8. The largest absolute Gasteiger partial charge is 0.491 e. The maximum absolute atomic E-state index is 11.2. The summed E-state index contributed by atoms with van der Waals surface area (Å²) in [6.07, 6.45) is 0. The molecule has 7 nitrogen and oxygen atoms in total. The summed E-state index contributed by atoms with van der Waals surface area (Å²) in [5.74, 6) is 1.11. The first-order valence-electron chi connectivity index (χ1n) is 9.65. The second-order valence-corrected chi connectivity index (χ2v) is 6.56. The van der Waals surface area contributed by atoms with Crippen LogP contribution in [-0.2, 0) is 17.8 Å². The maximum atomic E-state index is 11.2. The molecule has 4 N–H and O–H groups in total. The number of nitrogens with one attached hydrogen (secondary N) is 2. The van der Waals surface area contributed by atoms with Crippen molar-refractivity contribution in [1.29, 1.82) is 0 Å². The Morgan fingerprint density at radius 1 is 1.10 bits per heavy atom. The summed E-state index contributed by atoms with van der Waals surface area (Å²) in [5, 5.41) is 6.58. The number of ether oxygens (including phenoxy) is 2. The number of carbonyl (C=O) groups excluding carboxylic acids is 1. The first-order valence-corrected chi connectivity index (χ1v) is 9.65. The SMILES string of the molecule is CCNC(=NCc1ccc(C(N)=O)cc1)NCc1ccc(C)cc1OCCOC. The van der Waals surface area contributed by atoms with E-state index in [-0.39, 0.29) is 0 Å². The third kappa shape index (κ3) is 7.46. The molecule has 0 atom stereocenters. The molecule has 0 heterocycles. The van der Waals surface area contributed by atoms with Crippen molar-refractivity contribution in [3.63, 3.8) is 0 Å². The Balaban J connectivity index is 2.03. The van der Waals surface area contributed by atoms with Gasteiger partial charge >= 0.3 is 0 Å². The minimum atomic E-state index is -0.434. The molecule has 2 aromatic carbocycles. The number of hydrogen-bond donors (Lipinski definition) is 3. The number of nitrogens with two attached hydrogens (primary N) is 1. The van der Waals surface area contributed by atoms with E-state index in [9.17, 15) is 4.79 Å². The van der Waals surface area contributed by atoms with Crippen LogP contribution in [-0.4, -0.2) is 38.7 Å². The van der Waals surface area contributed by atoms with E-state index in [1.165, 1.54) is 0 Å². The highest BCUT2D eigenvalue weighted by Crippen LogP contribution is 2.20. The van der Waals surface area contributed by atoms with Gasteiger partial charge in [0.15, 0.2) is 5.96 Å². The Labute approximate surface area is 172 Å². The van der Waals surface area contributed by atoms with Crippen molar-refractivity contribution in [3.8, 4) is 5.75 Å². The molecule has 1 amide bonds. The molecule has 0 aromatic heterocycles. The molecule has 0 unspecified atom stereocenters. The van der Waals surface area contributed by atoms with E-state index in [1.54, 1.807) is 19.2 Å². The van der Waals surface area contributed by atoms with Gasteiger partial charge in [0.1, 0.15) is 12.4 Å². The van der Waals surface area contributed by atoms with Crippen LogP contribution in [0, 0.1) is 6.92 Å². The first-order chi connectivity index (χ1) is 14.0. The smallest absolute Gasteiger partial charge is 0.248 e. The molecule has 0 spiro atoms. The van der Waals surface area contributed by atoms with Crippen LogP contribution in [0.1, 0.15) is 34.0 Å². The highest BCUT2D eigenvalue weighted by atomic mass is 16.5. The second-order valence-electron chi connectivity index (χ2n) is 6.56. The molecule has 0 fully saturated rings. The quantitative estimate of drug-likeness (QED) is 0.324. The van der Waals surface area contributed by atoms with E-state index in [2.05, 4.69) is 27.8 Å². The fourth-order valence-electron chi connectivity index (χ4n) is 2.64. The fraction of sp³-hybridized carbons (Fsp3) is 0.364. The Kier molecular flexibility index (Phi) is 8.98.